The van der Waals surface area contributed by atoms with Crippen molar-refractivity contribution in [2.24, 2.45) is 5.92 Å². The van der Waals surface area contributed by atoms with Gasteiger partial charge in [-0.25, -0.2) is 0 Å². The van der Waals surface area contributed by atoms with Crippen molar-refractivity contribution in [2.45, 2.75) is 25.0 Å². The summed E-state index contributed by atoms with van der Waals surface area (Å²) >= 11 is 4.64. The number of hydrogen-bond donors (Lipinski definition) is 1. The summed E-state index contributed by atoms with van der Waals surface area (Å²) in [7, 11) is 0. The van der Waals surface area contributed by atoms with Crippen LogP contribution in [0, 0.1) is 12.8 Å². The van der Waals surface area contributed by atoms with Crippen LogP contribution < -0.4 is 0 Å². The van der Waals surface area contributed by atoms with Gasteiger partial charge in [0.05, 0.1) is 6.61 Å². The summed E-state index contributed by atoms with van der Waals surface area (Å²) < 4.78 is 5.52. The molecule has 1 fully saturated rings. The van der Waals surface area contributed by atoms with Crippen LogP contribution in [0.25, 0.3) is 0 Å². The Hall–Kier alpha value is -0.470. The second kappa shape index (κ2) is 5.04. The van der Waals surface area contributed by atoms with Gasteiger partial charge in [0.1, 0.15) is 0 Å². The molecule has 0 bridgehead atoms. The highest BCUT2D eigenvalue weighted by Crippen LogP contribution is 2.24. The summed E-state index contributed by atoms with van der Waals surface area (Å²) in [6.45, 7) is 3.91. The lowest BCUT2D eigenvalue weighted by atomic mass is 9.91. The highest BCUT2D eigenvalue weighted by Gasteiger charge is 2.23. The first-order valence-electron chi connectivity index (χ1n) is 5.57. The molecular weight excluding hydrogens is 204 g/mol. The van der Waals surface area contributed by atoms with Gasteiger partial charge in [-0.05, 0) is 36.8 Å². The molecule has 1 saturated heterocycles. The molecule has 1 aliphatic heterocycles. The third-order valence-corrected chi connectivity index (χ3v) is 3.86. The van der Waals surface area contributed by atoms with Crippen molar-refractivity contribution in [3.05, 3.63) is 35.4 Å². The molecule has 0 unspecified atom stereocenters. The molecule has 0 spiro atoms. The van der Waals surface area contributed by atoms with Crippen molar-refractivity contribution < 1.29 is 4.74 Å². The minimum absolute atomic E-state index is 0.498. The number of ether oxygens (including phenoxy) is 1. The lowest BCUT2D eigenvalue weighted by Gasteiger charge is -2.28. The number of rotatable bonds is 2. The molecule has 0 saturated carbocycles. The lowest BCUT2D eigenvalue weighted by molar-refractivity contribution is 0.0596. The summed E-state index contributed by atoms with van der Waals surface area (Å²) in [5.74, 6) is 0.572. The number of hydrogen-bond acceptors (Lipinski definition) is 2. The highest BCUT2D eigenvalue weighted by atomic mass is 32.1. The first-order valence-corrected chi connectivity index (χ1v) is 6.09. The molecule has 15 heavy (non-hydrogen) atoms. The van der Waals surface area contributed by atoms with Crippen molar-refractivity contribution in [2.75, 3.05) is 13.2 Å². The van der Waals surface area contributed by atoms with E-state index in [-0.39, 0.29) is 0 Å². The average Bonchev–Trinajstić information content (AvgIpc) is 2.24. The largest absolute Gasteiger partial charge is 0.381 e. The standard InChI is InChI=1S/C13H18OS/c1-10-4-2-3-5-11(10)8-12-9-14-7-6-13(12)15/h2-5,12-13,15H,6-9H2,1H3/t12-,13+/m0/s1. The summed E-state index contributed by atoms with van der Waals surface area (Å²) in [6, 6.07) is 8.59. The Morgan fingerprint density at radius 1 is 1.40 bits per heavy atom. The van der Waals surface area contributed by atoms with Crippen LogP contribution in [0.4, 0.5) is 0 Å². The van der Waals surface area contributed by atoms with Crippen LogP contribution in [0.15, 0.2) is 24.3 Å². The van der Waals surface area contributed by atoms with Crippen LogP contribution in [0.5, 0.6) is 0 Å². The minimum atomic E-state index is 0.498. The van der Waals surface area contributed by atoms with E-state index in [2.05, 4.69) is 43.8 Å². The van der Waals surface area contributed by atoms with E-state index in [4.69, 9.17) is 4.74 Å². The van der Waals surface area contributed by atoms with E-state index in [1.165, 1.54) is 11.1 Å². The quantitative estimate of drug-likeness (QED) is 0.757. The van der Waals surface area contributed by atoms with Crippen molar-refractivity contribution >= 4 is 12.6 Å². The van der Waals surface area contributed by atoms with Crippen molar-refractivity contribution in [1.82, 2.24) is 0 Å². The monoisotopic (exact) mass is 222 g/mol. The molecule has 1 aromatic rings. The Morgan fingerprint density at radius 3 is 2.93 bits per heavy atom. The van der Waals surface area contributed by atoms with Crippen molar-refractivity contribution in [3.8, 4) is 0 Å². The van der Waals surface area contributed by atoms with E-state index in [1.54, 1.807) is 0 Å². The molecule has 2 rings (SSSR count). The topological polar surface area (TPSA) is 9.23 Å². The number of thiol groups is 1. The summed E-state index contributed by atoms with van der Waals surface area (Å²) in [4.78, 5) is 0. The number of benzene rings is 1. The first-order chi connectivity index (χ1) is 7.27. The fourth-order valence-electron chi connectivity index (χ4n) is 2.10. The van der Waals surface area contributed by atoms with Gasteiger partial charge >= 0.3 is 0 Å². The minimum Gasteiger partial charge on any atom is -0.381 e. The summed E-state index contributed by atoms with van der Waals surface area (Å²) in [6.07, 6.45) is 2.18. The SMILES string of the molecule is Cc1ccccc1C[C@H]1COCC[C@H]1S. The fourth-order valence-corrected chi connectivity index (χ4v) is 2.40. The van der Waals surface area contributed by atoms with E-state index >= 15 is 0 Å². The molecule has 0 aromatic heterocycles. The van der Waals surface area contributed by atoms with Crippen LogP contribution >= 0.6 is 12.6 Å². The van der Waals surface area contributed by atoms with Crippen molar-refractivity contribution in [1.29, 1.82) is 0 Å². The fraction of sp³-hybridized carbons (Fsp3) is 0.538. The average molecular weight is 222 g/mol. The normalized spacial score (nSPS) is 26.5. The van der Waals surface area contributed by atoms with Gasteiger partial charge in [0.25, 0.3) is 0 Å². The van der Waals surface area contributed by atoms with Gasteiger partial charge in [-0.1, -0.05) is 24.3 Å². The predicted molar refractivity (Wildman–Crippen MR) is 66.6 cm³/mol. The van der Waals surface area contributed by atoms with Crippen LogP contribution in [0.2, 0.25) is 0 Å². The maximum atomic E-state index is 5.52. The summed E-state index contributed by atoms with van der Waals surface area (Å²) in [5, 5.41) is 0.498. The van der Waals surface area contributed by atoms with E-state index in [9.17, 15) is 0 Å². The molecule has 1 aromatic carbocycles. The molecule has 0 aliphatic carbocycles. The zero-order chi connectivity index (χ0) is 10.7. The van der Waals surface area contributed by atoms with Gasteiger partial charge in [0.2, 0.25) is 0 Å². The van der Waals surface area contributed by atoms with E-state index in [0.29, 0.717) is 11.2 Å². The van der Waals surface area contributed by atoms with Gasteiger partial charge < -0.3 is 4.74 Å². The van der Waals surface area contributed by atoms with Crippen molar-refractivity contribution in [3.63, 3.8) is 0 Å². The third kappa shape index (κ3) is 2.76. The van der Waals surface area contributed by atoms with Gasteiger partial charge in [0.15, 0.2) is 0 Å². The number of aryl methyl sites for hydroxylation is 1. The lowest BCUT2D eigenvalue weighted by Crippen LogP contribution is -2.29. The van der Waals surface area contributed by atoms with E-state index < -0.39 is 0 Å². The van der Waals surface area contributed by atoms with Crippen LogP contribution in [-0.4, -0.2) is 18.5 Å². The third-order valence-electron chi connectivity index (χ3n) is 3.18. The zero-order valence-corrected chi connectivity index (χ0v) is 10.0. The molecule has 1 heterocycles. The molecule has 2 atom stereocenters. The second-order valence-corrected chi connectivity index (χ2v) is 4.98. The van der Waals surface area contributed by atoms with E-state index in [0.717, 1.165) is 26.1 Å². The smallest absolute Gasteiger partial charge is 0.0507 e. The van der Waals surface area contributed by atoms with Gasteiger partial charge in [-0.2, -0.15) is 12.6 Å². The zero-order valence-electron chi connectivity index (χ0n) is 9.15. The Labute approximate surface area is 97.2 Å². The Morgan fingerprint density at radius 2 is 2.20 bits per heavy atom. The molecule has 0 N–H and O–H groups in total. The first kappa shape index (κ1) is 11.0. The molecule has 1 aliphatic rings. The van der Waals surface area contributed by atoms with Gasteiger partial charge in [0, 0.05) is 11.9 Å². The Bertz CT molecular complexity index is 324. The van der Waals surface area contributed by atoms with Gasteiger partial charge in [-0.3, -0.25) is 0 Å². The Kier molecular flexibility index (Phi) is 3.71. The maximum absolute atomic E-state index is 5.52. The Balaban J connectivity index is 2.04. The summed E-state index contributed by atoms with van der Waals surface area (Å²) in [5.41, 5.74) is 2.82. The van der Waals surface area contributed by atoms with Crippen LogP contribution in [0.1, 0.15) is 17.5 Å². The molecule has 2 heteroatoms. The molecule has 82 valence electrons. The van der Waals surface area contributed by atoms with Gasteiger partial charge in [-0.15, -0.1) is 0 Å². The molecule has 0 amide bonds. The second-order valence-electron chi connectivity index (χ2n) is 4.32. The highest BCUT2D eigenvalue weighted by molar-refractivity contribution is 7.81. The van der Waals surface area contributed by atoms with Crippen LogP contribution in [0.3, 0.4) is 0 Å². The van der Waals surface area contributed by atoms with E-state index in [1.807, 2.05) is 0 Å². The molecule has 0 radical (unpaired) electrons. The van der Waals surface area contributed by atoms with Crippen LogP contribution in [-0.2, 0) is 11.2 Å². The molecular formula is C13H18OS. The maximum Gasteiger partial charge on any atom is 0.0507 e. The predicted octanol–water partition coefficient (Wildman–Crippen LogP) is 2.87. The molecule has 1 nitrogen and oxygen atoms in total.